The van der Waals surface area contributed by atoms with Crippen molar-refractivity contribution >= 4 is 21.6 Å². The van der Waals surface area contributed by atoms with Crippen LogP contribution < -0.4 is 10.6 Å². The summed E-state index contributed by atoms with van der Waals surface area (Å²) in [6.07, 6.45) is 2.59. The van der Waals surface area contributed by atoms with Crippen LogP contribution in [0.4, 0.5) is 5.69 Å². The fourth-order valence-electron chi connectivity index (χ4n) is 2.51. The average molecular weight is 313 g/mol. The third-order valence-electron chi connectivity index (χ3n) is 3.60. The molecule has 0 radical (unpaired) electrons. The van der Waals surface area contributed by atoms with Crippen molar-refractivity contribution in [2.75, 3.05) is 25.1 Å². The van der Waals surface area contributed by atoms with Crippen molar-refractivity contribution in [2.24, 2.45) is 5.73 Å². The molecule has 0 amide bonds. The van der Waals surface area contributed by atoms with E-state index in [1.54, 1.807) is 7.11 Å². The summed E-state index contributed by atoms with van der Waals surface area (Å²) in [4.78, 5) is 2.42. The van der Waals surface area contributed by atoms with Crippen LogP contribution in [-0.2, 0) is 4.74 Å². The lowest BCUT2D eigenvalue weighted by Crippen LogP contribution is -2.37. The molecular formula is C14H21BrN2O. The Balaban J connectivity index is 2.18. The molecule has 3 nitrogen and oxygen atoms in total. The molecule has 0 spiro atoms. The van der Waals surface area contributed by atoms with E-state index < -0.39 is 0 Å². The molecule has 0 aliphatic carbocycles. The van der Waals surface area contributed by atoms with Gasteiger partial charge in [-0.3, -0.25) is 0 Å². The minimum Gasteiger partial charge on any atom is -0.381 e. The first-order valence-corrected chi connectivity index (χ1v) is 7.24. The lowest BCUT2D eigenvalue weighted by Gasteiger charge is -2.34. The van der Waals surface area contributed by atoms with E-state index >= 15 is 0 Å². The Morgan fingerprint density at radius 3 is 2.61 bits per heavy atom. The molecule has 1 saturated heterocycles. The molecule has 0 aromatic heterocycles. The molecule has 4 heteroatoms. The third kappa shape index (κ3) is 3.05. The second-order valence-electron chi connectivity index (χ2n) is 4.91. The zero-order valence-corrected chi connectivity index (χ0v) is 12.6. The van der Waals surface area contributed by atoms with E-state index in [9.17, 15) is 0 Å². The van der Waals surface area contributed by atoms with Gasteiger partial charge in [-0.1, -0.05) is 15.9 Å². The number of hydrogen-bond donors (Lipinski definition) is 1. The molecule has 1 aromatic rings. The van der Waals surface area contributed by atoms with Gasteiger partial charge in [-0.25, -0.2) is 0 Å². The first-order valence-electron chi connectivity index (χ1n) is 6.44. The smallest absolute Gasteiger partial charge is 0.0605 e. The molecule has 1 aromatic carbocycles. The third-order valence-corrected chi connectivity index (χ3v) is 4.09. The predicted octanol–water partition coefficient (Wildman–Crippen LogP) is 3.08. The first kappa shape index (κ1) is 13.8. The number of hydrogen-bond acceptors (Lipinski definition) is 3. The summed E-state index contributed by atoms with van der Waals surface area (Å²) in [6, 6.07) is 6.43. The van der Waals surface area contributed by atoms with E-state index in [2.05, 4.69) is 39.0 Å². The van der Waals surface area contributed by atoms with Crippen molar-refractivity contribution in [1.29, 1.82) is 0 Å². The zero-order chi connectivity index (χ0) is 13.1. The van der Waals surface area contributed by atoms with E-state index in [1.165, 1.54) is 11.3 Å². The van der Waals surface area contributed by atoms with Gasteiger partial charge in [0.1, 0.15) is 0 Å². The second-order valence-corrected chi connectivity index (χ2v) is 5.83. The second kappa shape index (κ2) is 6.04. The van der Waals surface area contributed by atoms with Crippen molar-refractivity contribution in [1.82, 2.24) is 0 Å². The Morgan fingerprint density at radius 1 is 1.39 bits per heavy atom. The molecule has 2 rings (SSSR count). The standard InChI is InChI=1S/C14H21BrN2O/c1-10(16)13-9-11(15)3-4-14(13)17-7-5-12(18-2)6-8-17/h3-4,9-10,12H,5-8,16H2,1-2H3. The Hall–Kier alpha value is -0.580. The summed E-state index contributed by atoms with van der Waals surface area (Å²) in [5, 5.41) is 0. The molecule has 1 fully saturated rings. The Morgan fingerprint density at radius 2 is 2.06 bits per heavy atom. The minimum atomic E-state index is 0.0534. The summed E-state index contributed by atoms with van der Waals surface area (Å²) < 4.78 is 6.50. The number of rotatable bonds is 3. The summed E-state index contributed by atoms with van der Waals surface area (Å²) >= 11 is 3.52. The van der Waals surface area contributed by atoms with Crippen LogP contribution in [0.25, 0.3) is 0 Å². The van der Waals surface area contributed by atoms with E-state index in [0.717, 1.165) is 30.4 Å². The van der Waals surface area contributed by atoms with Crippen molar-refractivity contribution in [3.63, 3.8) is 0 Å². The number of benzene rings is 1. The van der Waals surface area contributed by atoms with Crippen molar-refractivity contribution in [2.45, 2.75) is 31.9 Å². The van der Waals surface area contributed by atoms with E-state index in [-0.39, 0.29) is 6.04 Å². The Kier molecular flexibility index (Phi) is 4.65. The first-order chi connectivity index (χ1) is 8.61. The van der Waals surface area contributed by atoms with Gasteiger partial charge in [-0.05, 0) is 43.5 Å². The number of ether oxygens (including phenoxy) is 1. The number of anilines is 1. The summed E-state index contributed by atoms with van der Waals surface area (Å²) in [5.74, 6) is 0. The highest BCUT2D eigenvalue weighted by Gasteiger charge is 2.21. The fourth-order valence-corrected chi connectivity index (χ4v) is 2.89. The van der Waals surface area contributed by atoms with Gasteiger partial charge in [0.2, 0.25) is 0 Å². The molecule has 1 aliphatic heterocycles. The molecule has 100 valence electrons. The summed E-state index contributed by atoms with van der Waals surface area (Å²) in [6.45, 7) is 4.12. The fraction of sp³-hybridized carbons (Fsp3) is 0.571. The number of nitrogens with zero attached hydrogens (tertiary/aromatic N) is 1. The van der Waals surface area contributed by atoms with Gasteiger partial charge in [0.25, 0.3) is 0 Å². The van der Waals surface area contributed by atoms with Crippen LogP contribution in [0, 0.1) is 0 Å². The maximum absolute atomic E-state index is 6.07. The van der Waals surface area contributed by atoms with Gasteiger partial charge in [-0.15, -0.1) is 0 Å². The van der Waals surface area contributed by atoms with Gasteiger partial charge in [-0.2, -0.15) is 0 Å². The van der Waals surface area contributed by atoms with Gasteiger partial charge in [0.05, 0.1) is 6.10 Å². The molecule has 1 atom stereocenters. The minimum absolute atomic E-state index is 0.0534. The van der Waals surface area contributed by atoms with E-state index in [0.29, 0.717) is 6.10 Å². The molecule has 1 aliphatic rings. The lowest BCUT2D eigenvalue weighted by atomic mass is 10.0. The van der Waals surface area contributed by atoms with Crippen molar-refractivity contribution in [3.05, 3.63) is 28.2 Å². The largest absolute Gasteiger partial charge is 0.381 e. The predicted molar refractivity (Wildman–Crippen MR) is 79.0 cm³/mol. The quantitative estimate of drug-likeness (QED) is 0.932. The average Bonchev–Trinajstić information content (AvgIpc) is 2.39. The van der Waals surface area contributed by atoms with Crippen LogP contribution in [-0.4, -0.2) is 26.3 Å². The normalized spacial score (nSPS) is 19.0. The highest BCUT2D eigenvalue weighted by Crippen LogP contribution is 2.30. The molecule has 1 heterocycles. The maximum Gasteiger partial charge on any atom is 0.0605 e. The monoisotopic (exact) mass is 312 g/mol. The molecule has 0 saturated carbocycles. The number of halogens is 1. The van der Waals surface area contributed by atoms with Gasteiger partial charge in [0, 0.05) is 36.4 Å². The maximum atomic E-state index is 6.07. The lowest BCUT2D eigenvalue weighted by molar-refractivity contribution is 0.0819. The molecule has 2 N–H and O–H groups in total. The van der Waals surface area contributed by atoms with Crippen molar-refractivity contribution < 1.29 is 4.74 Å². The van der Waals surface area contributed by atoms with E-state index in [4.69, 9.17) is 10.5 Å². The van der Waals surface area contributed by atoms with Crippen LogP contribution in [0.5, 0.6) is 0 Å². The highest BCUT2D eigenvalue weighted by molar-refractivity contribution is 9.10. The van der Waals surface area contributed by atoms with Crippen LogP contribution in [0.15, 0.2) is 22.7 Å². The molecular weight excluding hydrogens is 292 g/mol. The topological polar surface area (TPSA) is 38.5 Å². The Labute approximate surface area is 117 Å². The van der Waals surface area contributed by atoms with Gasteiger partial charge < -0.3 is 15.4 Å². The van der Waals surface area contributed by atoms with Crippen LogP contribution in [0.2, 0.25) is 0 Å². The number of piperidine rings is 1. The Bertz CT molecular complexity index is 401. The number of nitrogens with two attached hydrogens (primary N) is 1. The van der Waals surface area contributed by atoms with Crippen LogP contribution >= 0.6 is 15.9 Å². The van der Waals surface area contributed by atoms with E-state index in [1.807, 2.05) is 6.92 Å². The highest BCUT2D eigenvalue weighted by atomic mass is 79.9. The summed E-state index contributed by atoms with van der Waals surface area (Å²) in [7, 11) is 1.80. The zero-order valence-electron chi connectivity index (χ0n) is 11.0. The van der Waals surface area contributed by atoms with Crippen LogP contribution in [0.3, 0.4) is 0 Å². The van der Waals surface area contributed by atoms with Gasteiger partial charge >= 0.3 is 0 Å². The molecule has 0 bridgehead atoms. The van der Waals surface area contributed by atoms with Crippen molar-refractivity contribution in [3.8, 4) is 0 Å². The molecule has 18 heavy (non-hydrogen) atoms. The van der Waals surface area contributed by atoms with Gasteiger partial charge in [0.15, 0.2) is 0 Å². The number of methoxy groups -OCH3 is 1. The van der Waals surface area contributed by atoms with Crippen LogP contribution in [0.1, 0.15) is 31.4 Å². The summed E-state index contributed by atoms with van der Waals surface area (Å²) in [5.41, 5.74) is 8.55. The SMILES string of the molecule is COC1CCN(c2ccc(Br)cc2C(C)N)CC1. The molecule has 1 unspecified atom stereocenters.